The molecule has 0 bridgehead atoms. The quantitative estimate of drug-likeness (QED) is 0.271. The molecule has 1 saturated carbocycles. The van der Waals surface area contributed by atoms with Gasteiger partial charge in [-0.25, -0.2) is 27.6 Å². The molecule has 1 fully saturated rings. The third kappa shape index (κ3) is 5.32. The normalized spacial score (nSPS) is 18.0. The van der Waals surface area contributed by atoms with Crippen molar-refractivity contribution in [2.24, 2.45) is 5.92 Å². The van der Waals surface area contributed by atoms with Crippen molar-refractivity contribution in [3.05, 3.63) is 78.1 Å². The number of fused-ring (bicyclic) bond motifs is 1. The lowest BCUT2D eigenvalue weighted by Crippen LogP contribution is -2.42. The molecule has 1 aliphatic rings. The molecule has 36 heavy (non-hydrogen) atoms. The molecule has 2 aromatic heterocycles. The van der Waals surface area contributed by atoms with Crippen LogP contribution in [0.3, 0.4) is 0 Å². The number of halogens is 3. The molecule has 190 valence electrons. The van der Waals surface area contributed by atoms with Gasteiger partial charge in [-0.3, -0.25) is 0 Å². The second-order valence-electron chi connectivity index (χ2n) is 9.17. The van der Waals surface area contributed by atoms with Gasteiger partial charge in [0.05, 0.1) is 17.5 Å². The zero-order valence-electron chi connectivity index (χ0n) is 19.3. The molecule has 0 atom stereocenters. The number of nitrogens with zero attached hydrogens (tertiary/aromatic N) is 2. The molecular formula is C25H26F3N5O2S. The molecule has 11 heteroatoms. The van der Waals surface area contributed by atoms with Crippen LogP contribution in [0.4, 0.5) is 13.2 Å². The van der Waals surface area contributed by atoms with Gasteiger partial charge in [0, 0.05) is 43.5 Å². The van der Waals surface area contributed by atoms with Crippen molar-refractivity contribution in [2.45, 2.75) is 31.7 Å². The zero-order valence-corrected chi connectivity index (χ0v) is 20.2. The fraction of sp³-hybridized carbons (Fsp3) is 0.320. The summed E-state index contributed by atoms with van der Waals surface area (Å²) in [7, 11) is -3.63. The summed E-state index contributed by atoms with van der Waals surface area (Å²) in [6, 6.07) is 7.98. The van der Waals surface area contributed by atoms with Crippen LogP contribution in [0.1, 0.15) is 30.7 Å². The van der Waals surface area contributed by atoms with E-state index < -0.39 is 21.8 Å². The molecule has 2 heterocycles. The lowest BCUT2D eigenvalue weighted by Gasteiger charge is -2.36. The largest absolute Gasteiger partial charge is 0.352 e. The van der Waals surface area contributed by atoms with Crippen LogP contribution >= 0.6 is 0 Å². The first-order valence-corrected chi connectivity index (χ1v) is 13.2. The van der Waals surface area contributed by atoms with Crippen molar-refractivity contribution in [3.8, 4) is 11.3 Å². The van der Waals surface area contributed by atoms with Crippen molar-refractivity contribution in [2.75, 3.05) is 13.1 Å². The van der Waals surface area contributed by atoms with E-state index in [1.54, 1.807) is 24.7 Å². The van der Waals surface area contributed by atoms with Gasteiger partial charge in [-0.05, 0) is 72.6 Å². The SMILES string of the molecule is O=S(=O)(NCCCn1ccnc1)NCC1CC(c2c(-c3ccc(F)cc3)[nH]c3c(F)cc(F)cc23)C1. The van der Waals surface area contributed by atoms with Crippen LogP contribution in [0.5, 0.6) is 0 Å². The Morgan fingerprint density at radius 2 is 1.83 bits per heavy atom. The molecule has 4 aromatic rings. The van der Waals surface area contributed by atoms with Gasteiger partial charge in [-0.1, -0.05) is 0 Å². The van der Waals surface area contributed by atoms with Gasteiger partial charge in [0.1, 0.15) is 17.5 Å². The second kappa shape index (κ2) is 10.1. The standard InChI is InChI=1S/C25H26F3N5O2S/c26-19-4-2-17(3-5-19)24-23(21-12-20(27)13-22(28)25(21)32-24)18-10-16(11-18)14-31-36(34,35)30-6-1-8-33-9-7-29-15-33/h2-5,7,9,12-13,15-16,18,30-32H,1,6,8,10-11,14H2. The first kappa shape index (κ1) is 24.5. The number of nitrogens with one attached hydrogen (secondary N) is 3. The summed E-state index contributed by atoms with van der Waals surface area (Å²) < 4.78 is 73.7. The number of aromatic amines is 1. The number of hydrogen-bond acceptors (Lipinski definition) is 3. The van der Waals surface area contributed by atoms with Gasteiger partial charge >= 0.3 is 0 Å². The molecule has 0 spiro atoms. The summed E-state index contributed by atoms with van der Waals surface area (Å²) in [6.07, 6.45) is 7.10. The summed E-state index contributed by atoms with van der Waals surface area (Å²) >= 11 is 0. The van der Waals surface area contributed by atoms with Crippen LogP contribution in [0.15, 0.2) is 55.1 Å². The number of aryl methyl sites for hydroxylation is 1. The van der Waals surface area contributed by atoms with Crippen LogP contribution < -0.4 is 9.44 Å². The molecule has 5 rings (SSSR count). The van der Waals surface area contributed by atoms with Crippen LogP contribution in [0.2, 0.25) is 0 Å². The molecule has 0 unspecified atom stereocenters. The van der Waals surface area contributed by atoms with E-state index in [9.17, 15) is 21.6 Å². The van der Waals surface area contributed by atoms with E-state index >= 15 is 0 Å². The van der Waals surface area contributed by atoms with E-state index in [0.717, 1.165) is 11.6 Å². The molecule has 0 radical (unpaired) electrons. The third-order valence-corrected chi connectivity index (χ3v) is 7.78. The van der Waals surface area contributed by atoms with Gasteiger partial charge in [0.25, 0.3) is 10.2 Å². The van der Waals surface area contributed by atoms with Crippen LogP contribution in [0.25, 0.3) is 22.2 Å². The Morgan fingerprint density at radius 3 is 2.56 bits per heavy atom. The minimum atomic E-state index is -3.63. The summed E-state index contributed by atoms with van der Waals surface area (Å²) in [5.41, 5.74) is 2.27. The number of imidazole rings is 1. The number of H-pyrrole nitrogens is 1. The van der Waals surface area contributed by atoms with Gasteiger partial charge in [0.15, 0.2) is 0 Å². The van der Waals surface area contributed by atoms with Crippen molar-refractivity contribution >= 4 is 21.1 Å². The maximum Gasteiger partial charge on any atom is 0.276 e. The minimum absolute atomic E-state index is 0.0161. The number of rotatable bonds is 10. The lowest BCUT2D eigenvalue weighted by atomic mass is 9.70. The Labute approximate surface area is 206 Å². The maximum atomic E-state index is 14.5. The van der Waals surface area contributed by atoms with Crippen LogP contribution in [-0.2, 0) is 16.8 Å². The smallest absolute Gasteiger partial charge is 0.276 e. The highest BCUT2D eigenvalue weighted by molar-refractivity contribution is 7.87. The maximum absolute atomic E-state index is 14.5. The average Bonchev–Trinajstić information content (AvgIpc) is 3.45. The average molecular weight is 518 g/mol. The van der Waals surface area contributed by atoms with Crippen LogP contribution in [0, 0.1) is 23.4 Å². The predicted molar refractivity (Wildman–Crippen MR) is 131 cm³/mol. The Kier molecular flexibility index (Phi) is 6.87. The van der Waals surface area contributed by atoms with Crippen molar-refractivity contribution in [1.29, 1.82) is 0 Å². The van der Waals surface area contributed by atoms with E-state index in [4.69, 9.17) is 0 Å². The number of benzene rings is 2. The Hall–Kier alpha value is -3.15. The van der Waals surface area contributed by atoms with E-state index in [-0.39, 0.29) is 29.7 Å². The molecule has 7 nitrogen and oxygen atoms in total. The van der Waals surface area contributed by atoms with Crippen LogP contribution in [-0.4, -0.2) is 36.0 Å². The molecule has 1 aliphatic carbocycles. The van der Waals surface area contributed by atoms with Crippen molar-refractivity contribution in [1.82, 2.24) is 24.0 Å². The highest BCUT2D eigenvalue weighted by Crippen LogP contribution is 2.48. The molecule has 0 aliphatic heterocycles. The van der Waals surface area contributed by atoms with Gasteiger partial charge in [-0.15, -0.1) is 0 Å². The minimum Gasteiger partial charge on any atom is -0.352 e. The second-order valence-corrected chi connectivity index (χ2v) is 10.7. The van der Waals surface area contributed by atoms with Crippen molar-refractivity contribution < 1.29 is 21.6 Å². The summed E-state index contributed by atoms with van der Waals surface area (Å²) in [5.74, 6) is -1.68. The molecule has 0 amide bonds. The summed E-state index contributed by atoms with van der Waals surface area (Å²) in [6.45, 7) is 1.23. The Bertz CT molecular complexity index is 1450. The molecule has 3 N–H and O–H groups in total. The highest BCUT2D eigenvalue weighted by atomic mass is 32.2. The number of hydrogen-bond donors (Lipinski definition) is 3. The molecule has 2 aromatic carbocycles. The summed E-state index contributed by atoms with van der Waals surface area (Å²) in [4.78, 5) is 7.01. The fourth-order valence-electron chi connectivity index (χ4n) is 4.81. The Balaban J connectivity index is 1.23. The van der Waals surface area contributed by atoms with E-state index in [1.807, 2.05) is 10.8 Å². The summed E-state index contributed by atoms with van der Waals surface area (Å²) in [5, 5.41) is 0.454. The first-order valence-electron chi connectivity index (χ1n) is 11.8. The first-order chi connectivity index (χ1) is 17.3. The number of aromatic nitrogens is 3. The molecular weight excluding hydrogens is 491 g/mol. The van der Waals surface area contributed by atoms with Gasteiger partial charge in [-0.2, -0.15) is 8.42 Å². The van der Waals surface area contributed by atoms with E-state index in [0.29, 0.717) is 49.0 Å². The highest BCUT2D eigenvalue weighted by Gasteiger charge is 2.35. The predicted octanol–water partition coefficient (Wildman–Crippen LogP) is 4.46. The van der Waals surface area contributed by atoms with Gasteiger partial charge < -0.3 is 9.55 Å². The zero-order chi connectivity index (χ0) is 25.3. The third-order valence-electron chi connectivity index (χ3n) is 6.65. The monoisotopic (exact) mass is 517 g/mol. The topological polar surface area (TPSA) is 91.8 Å². The lowest BCUT2D eigenvalue weighted by molar-refractivity contribution is 0.267. The van der Waals surface area contributed by atoms with E-state index in [1.165, 1.54) is 18.2 Å². The fourth-order valence-corrected chi connectivity index (χ4v) is 5.78. The van der Waals surface area contributed by atoms with Crippen molar-refractivity contribution in [3.63, 3.8) is 0 Å². The van der Waals surface area contributed by atoms with Gasteiger partial charge in [0.2, 0.25) is 0 Å². The molecule has 0 saturated heterocycles. The Morgan fingerprint density at radius 1 is 1.06 bits per heavy atom. The van der Waals surface area contributed by atoms with E-state index in [2.05, 4.69) is 19.4 Å².